The highest BCUT2D eigenvalue weighted by atomic mass is 79.9. The monoisotopic (exact) mass is 342 g/mol. The molecule has 5 heteroatoms. The number of ether oxygens (including phenoxy) is 1. The smallest absolute Gasteiger partial charge is 0.317 e. The van der Waals surface area contributed by atoms with Crippen LogP contribution < -0.4 is 10.1 Å². The van der Waals surface area contributed by atoms with Crippen molar-refractivity contribution in [1.82, 2.24) is 10.2 Å². The van der Waals surface area contributed by atoms with Crippen molar-refractivity contribution in [3.63, 3.8) is 0 Å². The van der Waals surface area contributed by atoms with Crippen LogP contribution in [0.25, 0.3) is 0 Å². The molecule has 0 radical (unpaired) electrons. The number of rotatable bonds is 8. The van der Waals surface area contributed by atoms with Gasteiger partial charge in [-0.15, -0.1) is 0 Å². The van der Waals surface area contributed by atoms with Gasteiger partial charge in [0.2, 0.25) is 0 Å². The first-order valence-electron chi connectivity index (χ1n) is 7.09. The van der Waals surface area contributed by atoms with Gasteiger partial charge in [0.25, 0.3) is 0 Å². The SMILES string of the molecule is CCCN(CCC)C(=O)NCCOc1ccccc1Br. The highest BCUT2D eigenvalue weighted by Gasteiger charge is 2.10. The standard InChI is InChI=1S/C15H23BrN2O2/c1-3-10-18(11-4-2)15(19)17-9-12-20-14-8-6-5-7-13(14)16/h5-8H,3-4,9-12H2,1-2H3,(H,17,19). The maximum atomic E-state index is 12.0. The number of amides is 2. The zero-order valence-electron chi connectivity index (χ0n) is 12.2. The van der Waals surface area contributed by atoms with E-state index in [4.69, 9.17) is 4.74 Å². The van der Waals surface area contributed by atoms with Crippen LogP contribution in [0.5, 0.6) is 5.75 Å². The minimum absolute atomic E-state index is 0.00979. The number of halogens is 1. The Morgan fingerprint density at radius 1 is 1.25 bits per heavy atom. The Balaban J connectivity index is 2.29. The molecule has 4 nitrogen and oxygen atoms in total. The number of urea groups is 1. The lowest BCUT2D eigenvalue weighted by Crippen LogP contribution is -2.42. The summed E-state index contributed by atoms with van der Waals surface area (Å²) in [6.07, 6.45) is 1.95. The van der Waals surface area contributed by atoms with Crippen LogP contribution in [-0.4, -0.2) is 37.2 Å². The van der Waals surface area contributed by atoms with Crippen molar-refractivity contribution in [3.8, 4) is 5.75 Å². The van der Waals surface area contributed by atoms with E-state index >= 15 is 0 Å². The minimum Gasteiger partial charge on any atom is -0.491 e. The molecule has 0 fully saturated rings. The predicted octanol–water partition coefficient (Wildman–Crippen LogP) is 3.66. The van der Waals surface area contributed by atoms with Crippen LogP contribution in [0.2, 0.25) is 0 Å². The Morgan fingerprint density at radius 2 is 1.90 bits per heavy atom. The molecular formula is C15H23BrN2O2. The highest BCUT2D eigenvalue weighted by Crippen LogP contribution is 2.23. The Labute approximate surface area is 129 Å². The first kappa shape index (κ1) is 16.8. The second kappa shape index (κ2) is 9.64. The summed E-state index contributed by atoms with van der Waals surface area (Å²) in [5, 5.41) is 2.89. The second-order valence-corrected chi connectivity index (χ2v) is 5.35. The van der Waals surface area contributed by atoms with Gasteiger partial charge in [-0.05, 0) is 40.9 Å². The number of nitrogens with zero attached hydrogens (tertiary/aromatic N) is 1. The van der Waals surface area contributed by atoms with Gasteiger partial charge >= 0.3 is 6.03 Å². The number of hydrogen-bond donors (Lipinski definition) is 1. The summed E-state index contributed by atoms with van der Waals surface area (Å²) in [7, 11) is 0. The molecule has 0 aromatic heterocycles. The highest BCUT2D eigenvalue weighted by molar-refractivity contribution is 9.10. The molecule has 0 aliphatic heterocycles. The summed E-state index contributed by atoms with van der Waals surface area (Å²) in [5.41, 5.74) is 0. The van der Waals surface area contributed by atoms with E-state index in [2.05, 4.69) is 35.1 Å². The van der Waals surface area contributed by atoms with E-state index in [-0.39, 0.29) is 6.03 Å². The molecule has 0 heterocycles. The topological polar surface area (TPSA) is 41.6 Å². The first-order valence-corrected chi connectivity index (χ1v) is 7.88. The zero-order chi connectivity index (χ0) is 14.8. The Kier molecular flexibility index (Phi) is 8.11. The number of carbonyl (C=O) groups is 1. The Bertz CT molecular complexity index is 407. The normalized spacial score (nSPS) is 10.2. The van der Waals surface area contributed by atoms with Gasteiger partial charge in [0, 0.05) is 13.1 Å². The van der Waals surface area contributed by atoms with Crippen molar-refractivity contribution in [3.05, 3.63) is 28.7 Å². The van der Waals surface area contributed by atoms with Crippen LogP contribution in [0.3, 0.4) is 0 Å². The molecule has 2 amide bonds. The third-order valence-electron chi connectivity index (χ3n) is 2.75. The van der Waals surface area contributed by atoms with Gasteiger partial charge in [0.1, 0.15) is 12.4 Å². The maximum absolute atomic E-state index is 12.0. The fourth-order valence-electron chi connectivity index (χ4n) is 1.85. The van der Waals surface area contributed by atoms with Crippen LogP contribution in [0.1, 0.15) is 26.7 Å². The summed E-state index contributed by atoms with van der Waals surface area (Å²) in [6, 6.07) is 7.67. The number of hydrogen-bond acceptors (Lipinski definition) is 2. The van der Waals surface area contributed by atoms with Crippen molar-refractivity contribution in [2.24, 2.45) is 0 Å². The van der Waals surface area contributed by atoms with Gasteiger partial charge in [0.15, 0.2) is 0 Å². The van der Waals surface area contributed by atoms with Crippen molar-refractivity contribution in [2.45, 2.75) is 26.7 Å². The van der Waals surface area contributed by atoms with E-state index in [9.17, 15) is 4.79 Å². The van der Waals surface area contributed by atoms with Crippen LogP contribution in [0, 0.1) is 0 Å². The lowest BCUT2D eigenvalue weighted by atomic mass is 10.3. The molecule has 1 N–H and O–H groups in total. The Hall–Kier alpha value is -1.23. The van der Waals surface area contributed by atoms with E-state index in [1.807, 2.05) is 29.2 Å². The fourth-order valence-corrected chi connectivity index (χ4v) is 2.25. The zero-order valence-corrected chi connectivity index (χ0v) is 13.8. The average Bonchev–Trinajstić information content (AvgIpc) is 2.45. The molecule has 0 spiro atoms. The number of carbonyl (C=O) groups excluding carboxylic acids is 1. The summed E-state index contributed by atoms with van der Waals surface area (Å²) in [5.74, 6) is 0.792. The largest absolute Gasteiger partial charge is 0.491 e. The molecule has 0 unspecified atom stereocenters. The second-order valence-electron chi connectivity index (χ2n) is 4.50. The molecule has 1 aromatic carbocycles. The molecule has 0 bridgehead atoms. The molecule has 20 heavy (non-hydrogen) atoms. The number of para-hydroxylation sites is 1. The molecule has 1 rings (SSSR count). The lowest BCUT2D eigenvalue weighted by Gasteiger charge is -2.21. The van der Waals surface area contributed by atoms with E-state index in [0.717, 1.165) is 36.2 Å². The Morgan fingerprint density at radius 3 is 2.50 bits per heavy atom. The quantitative estimate of drug-likeness (QED) is 0.732. The van der Waals surface area contributed by atoms with Gasteiger partial charge in [-0.3, -0.25) is 0 Å². The number of nitrogens with one attached hydrogen (secondary N) is 1. The molecule has 1 aromatic rings. The van der Waals surface area contributed by atoms with Gasteiger partial charge < -0.3 is 15.0 Å². The molecule has 0 aliphatic rings. The van der Waals surface area contributed by atoms with Crippen molar-refractivity contribution >= 4 is 22.0 Å². The van der Waals surface area contributed by atoms with E-state index in [1.54, 1.807) is 0 Å². The maximum Gasteiger partial charge on any atom is 0.317 e. The molecule has 0 aliphatic carbocycles. The summed E-state index contributed by atoms with van der Waals surface area (Å²) < 4.78 is 6.53. The van der Waals surface area contributed by atoms with Crippen LogP contribution in [0.15, 0.2) is 28.7 Å². The first-order chi connectivity index (χ1) is 9.69. The van der Waals surface area contributed by atoms with Gasteiger partial charge in [-0.25, -0.2) is 4.79 Å². The van der Waals surface area contributed by atoms with E-state index < -0.39 is 0 Å². The van der Waals surface area contributed by atoms with Gasteiger partial charge in [-0.1, -0.05) is 26.0 Å². The summed E-state index contributed by atoms with van der Waals surface area (Å²) >= 11 is 3.42. The van der Waals surface area contributed by atoms with E-state index in [1.165, 1.54) is 0 Å². The van der Waals surface area contributed by atoms with E-state index in [0.29, 0.717) is 13.2 Å². The van der Waals surface area contributed by atoms with Gasteiger partial charge in [-0.2, -0.15) is 0 Å². The van der Waals surface area contributed by atoms with Crippen molar-refractivity contribution in [1.29, 1.82) is 0 Å². The van der Waals surface area contributed by atoms with Crippen molar-refractivity contribution in [2.75, 3.05) is 26.2 Å². The molecule has 0 saturated heterocycles. The number of benzene rings is 1. The minimum atomic E-state index is -0.00979. The third kappa shape index (κ3) is 5.82. The van der Waals surface area contributed by atoms with Gasteiger partial charge in [0.05, 0.1) is 11.0 Å². The third-order valence-corrected chi connectivity index (χ3v) is 3.40. The van der Waals surface area contributed by atoms with Crippen LogP contribution in [-0.2, 0) is 0 Å². The summed E-state index contributed by atoms with van der Waals surface area (Å²) in [4.78, 5) is 13.8. The lowest BCUT2D eigenvalue weighted by molar-refractivity contribution is 0.194. The summed E-state index contributed by atoms with van der Waals surface area (Å²) in [6.45, 7) is 6.71. The predicted molar refractivity (Wildman–Crippen MR) is 85.2 cm³/mol. The van der Waals surface area contributed by atoms with Crippen LogP contribution >= 0.6 is 15.9 Å². The van der Waals surface area contributed by atoms with Crippen LogP contribution in [0.4, 0.5) is 4.79 Å². The molecule has 0 saturated carbocycles. The molecule has 112 valence electrons. The fraction of sp³-hybridized carbons (Fsp3) is 0.533. The average molecular weight is 343 g/mol. The molecule has 0 atom stereocenters. The molecular weight excluding hydrogens is 320 g/mol. The van der Waals surface area contributed by atoms with Crippen molar-refractivity contribution < 1.29 is 9.53 Å².